The van der Waals surface area contributed by atoms with Gasteiger partial charge in [0.15, 0.2) is 0 Å². The number of benzene rings is 2. The predicted octanol–water partition coefficient (Wildman–Crippen LogP) is 5.52. The smallest absolute Gasteiger partial charge is 0.330 e. The molecular formula is C28H30N2O4. The number of amides is 1. The molecule has 0 fully saturated rings. The summed E-state index contributed by atoms with van der Waals surface area (Å²) < 4.78 is 18.8. The van der Waals surface area contributed by atoms with Gasteiger partial charge in [-0.3, -0.25) is 9.78 Å². The van der Waals surface area contributed by atoms with Crippen molar-refractivity contribution in [2.75, 3.05) is 19.1 Å². The van der Waals surface area contributed by atoms with E-state index in [0.29, 0.717) is 23.4 Å². The molecule has 0 N–H and O–H groups in total. The van der Waals surface area contributed by atoms with E-state index in [0.717, 1.165) is 16.9 Å². The summed E-state index contributed by atoms with van der Waals surface area (Å²) in [5.41, 5.74) is 3.60. The van der Waals surface area contributed by atoms with Gasteiger partial charge in [-0.2, -0.15) is 0 Å². The Morgan fingerprint density at radius 1 is 1.06 bits per heavy atom. The van der Waals surface area contributed by atoms with E-state index in [2.05, 4.69) is 9.72 Å². The van der Waals surface area contributed by atoms with Gasteiger partial charge in [0, 0.05) is 29.9 Å². The summed E-state index contributed by atoms with van der Waals surface area (Å²) in [5, 5.41) is 0. The van der Waals surface area contributed by atoms with Crippen LogP contribution in [0.4, 0.5) is 5.69 Å². The number of methoxy groups -OCH3 is 2. The molecule has 1 aromatic heterocycles. The Bertz CT molecular complexity index is 1170. The van der Waals surface area contributed by atoms with Crippen molar-refractivity contribution in [2.24, 2.45) is 5.92 Å². The van der Waals surface area contributed by atoms with Crippen LogP contribution < -0.4 is 9.64 Å². The SMILES string of the molecule is [2H]C(c1ccc(-c2ccc(OC)cc2)cn1)N(C(=O)CC(C)C)c1cccc(/C=C/C(=O)OC)c1. The molecule has 0 saturated carbocycles. The van der Waals surface area contributed by atoms with E-state index in [1.807, 2.05) is 50.2 Å². The van der Waals surface area contributed by atoms with E-state index in [9.17, 15) is 9.59 Å². The number of carbonyl (C=O) groups is 2. The van der Waals surface area contributed by atoms with Crippen molar-refractivity contribution in [1.82, 2.24) is 4.98 Å². The molecule has 0 aliphatic heterocycles. The molecule has 6 heteroatoms. The van der Waals surface area contributed by atoms with Crippen LogP contribution in [0.2, 0.25) is 0 Å². The first-order chi connectivity index (χ1) is 16.8. The second-order valence-electron chi connectivity index (χ2n) is 8.14. The third-order valence-electron chi connectivity index (χ3n) is 5.08. The van der Waals surface area contributed by atoms with Crippen LogP contribution in [-0.4, -0.2) is 31.1 Å². The van der Waals surface area contributed by atoms with E-state index in [4.69, 9.17) is 6.11 Å². The number of pyridine rings is 1. The van der Waals surface area contributed by atoms with Crippen LogP contribution in [0.3, 0.4) is 0 Å². The number of hydrogen-bond acceptors (Lipinski definition) is 5. The van der Waals surface area contributed by atoms with Crippen molar-refractivity contribution in [1.29, 1.82) is 0 Å². The van der Waals surface area contributed by atoms with Crippen LogP contribution in [0.25, 0.3) is 17.2 Å². The minimum absolute atomic E-state index is 0.130. The molecule has 0 bridgehead atoms. The third-order valence-corrected chi connectivity index (χ3v) is 5.08. The summed E-state index contributed by atoms with van der Waals surface area (Å²) in [4.78, 5) is 30.6. The summed E-state index contributed by atoms with van der Waals surface area (Å²) >= 11 is 0. The molecular weight excluding hydrogens is 428 g/mol. The van der Waals surface area contributed by atoms with Crippen molar-refractivity contribution in [3.63, 3.8) is 0 Å². The lowest BCUT2D eigenvalue weighted by atomic mass is 10.1. The first kappa shape index (κ1) is 23.2. The molecule has 0 aliphatic carbocycles. The number of nitrogens with zero attached hydrogens (tertiary/aromatic N) is 2. The number of esters is 1. The van der Waals surface area contributed by atoms with Gasteiger partial charge < -0.3 is 14.4 Å². The quantitative estimate of drug-likeness (QED) is 0.311. The maximum Gasteiger partial charge on any atom is 0.330 e. The van der Waals surface area contributed by atoms with Crippen molar-refractivity contribution in [3.8, 4) is 16.9 Å². The first-order valence-corrected chi connectivity index (χ1v) is 11.0. The lowest BCUT2D eigenvalue weighted by Crippen LogP contribution is -2.31. The van der Waals surface area contributed by atoms with Crippen LogP contribution >= 0.6 is 0 Å². The van der Waals surface area contributed by atoms with E-state index in [-0.39, 0.29) is 11.8 Å². The van der Waals surface area contributed by atoms with Gasteiger partial charge in [0.25, 0.3) is 0 Å². The number of carbonyl (C=O) groups excluding carboxylic acids is 2. The van der Waals surface area contributed by atoms with Gasteiger partial charge in [0.2, 0.25) is 5.91 Å². The van der Waals surface area contributed by atoms with Gasteiger partial charge in [-0.25, -0.2) is 4.79 Å². The number of anilines is 1. The second kappa shape index (κ2) is 11.8. The van der Waals surface area contributed by atoms with E-state index in [1.165, 1.54) is 18.1 Å². The molecule has 3 rings (SSSR count). The number of ether oxygens (including phenoxy) is 2. The van der Waals surface area contributed by atoms with Crippen LogP contribution in [0.1, 0.15) is 32.9 Å². The highest BCUT2D eigenvalue weighted by Crippen LogP contribution is 2.24. The predicted molar refractivity (Wildman–Crippen MR) is 134 cm³/mol. The topological polar surface area (TPSA) is 68.7 Å². The van der Waals surface area contributed by atoms with Crippen molar-refractivity contribution < 1.29 is 20.4 Å². The molecule has 1 amide bonds. The molecule has 0 spiro atoms. The van der Waals surface area contributed by atoms with Crippen LogP contribution in [0.5, 0.6) is 5.75 Å². The molecule has 0 aliphatic rings. The molecule has 176 valence electrons. The Kier molecular flexibility index (Phi) is 8.06. The lowest BCUT2D eigenvalue weighted by Gasteiger charge is -2.24. The molecule has 1 unspecified atom stereocenters. The lowest BCUT2D eigenvalue weighted by molar-refractivity contribution is -0.134. The Morgan fingerprint density at radius 2 is 1.79 bits per heavy atom. The van der Waals surface area contributed by atoms with Crippen molar-refractivity contribution in [2.45, 2.75) is 26.8 Å². The normalized spacial score (nSPS) is 12.3. The first-order valence-electron chi connectivity index (χ1n) is 11.6. The summed E-state index contributed by atoms with van der Waals surface area (Å²) in [6.45, 7) is 2.89. The van der Waals surface area contributed by atoms with Crippen molar-refractivity contribution >= 4 is 23.6 Å². The Labute approximate surface area is 202 Å². The van der Waals surface area contributed by atoms with Gasteiger partial charge in [-0.15, -0.1) is 0 Å². The van der Waals surface area contributed by atoms with Gasteiger partial charge in [0.05, 0.1) is 27.8 Å². The molecule has 0 saturated heterocycles. The monoisotopic (exact) mass is 459 g/mol. The maximum absolute atomic E-state index is 13.2. The minimum Gasteiger partial charge on any atom is -0.497 e. The Morgan fingerprint density at radius 3 is 2.41 bits per heavy atom. The number of hydrogen-bond donors (Lipinski definition) is 0. The molecule has 1 atom stereocenters. The number of aromatic nitrogens is 1. The summed E-state index contributed by atoms with van der Waals surface area (Å²) in [7, 11) is 2.93. The Hall–Kier alpha value is -3.93. The zero-order chi connectivity index (χ0) is 25.4. The average molecular weight is 460 g/mol. The zero-order valence-electron chi connectivity index (χ0n) is 20.9. The molecule has 6 nitrogen and oxygen atoms in total. The summed E-state index contributed by atoms with van der Waals surface area (Å²) in [6, 6.07) is 18.5. The fourth-order valence-corrected chi connectivity index (χ4v) is 3.32. The largest absolute Gasteiger partial charge is 0.497 e. The molecule has 3 aromatic rings. The van der Waals surface area contributed by atoms with Gasteiger partial charge in [-0.05, 0) is 53.5 Å². The molecule has 1 heterocycles. The highest BCUT2D eigenvalue weighted by atomic mass is 16.5. The summed E-state index contributed by atoms with van der Waals surface area (Å²) in [5.74, 6) is 0.260. The van der Waals surface area contributed by atoms with E-state index < -0.39 is 12.5 Å². The van der Waals surface area contributed by atoms with Crippen molar-refractivity contribution in [3.05, 3.63) is 84.2 Å². The fourth-order valence-electron chi connectivity index (χ4n) is 3.32. The average Bonchev–Trinajstić information content (AvgIpc) is 2.87. The highest BCUT2D eigenvalue weighted by molar-refractivity contribution is 5.94. The standard InChI is InChI=1S/C28H30N2O4/c1-20(2)16-27(31)30(25-7-5-6-21(17-25)8-15-28(32)34-4)19-24-12-9-23(18-29-24)22-10-13-26(33-3)14-11-22/h5-15,17-18,20H,16,19H2,1-4H3/b15-8+/i19D. The molecule has 34 heavy (non-hydrogen) atoms. The van der Waals surface area contributed by atoms with E-state index in [1.54, 1.807) is 43.6 Å². The third kappa shape index (κ3) is 6.78. The van der Waals surface area contributed by atoms with Crippen LogP contribution in [0.15, 0.2) is 72.9 Å². The molecule has 2 aromatic carbocycles. The van der Waals surface area contributed by atoms with Crippen LogP contribution in [-0.2, 0) is 20.8 Å². The summed E-state index contributed by atoms with van der Waals surface area (Å²) in [6.07, 6.45) is 4.93. The Balaban J connectivity index is 1.91. The fraction of sp³-hybridized carbons (Fsp3) is 0.250. The minimum atomic E-state index is -1.04. The zero-order valence-corrected chi connectivity index (χ0v) is 19.9. The van der Waals surface area contributed by atoms with Gasteiger partial charge in [-0.1, -0.05) is 44.2 Å². The van der Waals surface area contributed by atoms with Gasteiger partial charge in [0.1, 0.15) is 5.75 Å². The maximum atomic E-state index is 13.2. The van der Waals surface area contributed by atoms with Crippen LogP contribution in [0, 0.1) is 5.92 Å². The van der Waals surface area contributed by atoms with Gasteiger partial charge >= 0.3 is 5.97 Å². The van der Waals surface area contributed by atoms with E-state index >= 15 is 0 Å². The second-order valence-corrected chi connectivity index (χ2v) is 8.14. The number of rotatable bonds is 9. The highest BCUT2D eigenvalue weighted by Gasteiger charge is 2.18. The molecule has 0 radical (unpaired) electrons.